The molecule has 1 aromatic rings. The van der Waals surface area contributed by atoms with Gasteiger partial charge in [0.2, 0.25) is 9.05 Å². The minimum atomic E-state index is -4.89. The molecule has 1 rings (SSSR count). The lowest BCUT2D eigenvalue weighted by atomic mass is 9.97. The highest BCUT2D eigenvalue weighted by Crippen LogP contribution is 2.38. The van der Waals surface area contributed by atoms with Crippen LogP contribution in [-0.2, 0) is 9.05 Å². The van der Waals surface area contributed by atoms with Crippen LogP contribution in [0.1, 0.15) is 18.4 Å². The minimum Gasteiger partial charge on any atom is -0.212 e. The largest absolute Gasteiger partial charge is 0.407 e. The molecular weight excluding hydrogens is 277 g/mol. The molecule has 0 amide bonds. The lowest BCUT2D eigenvalue weighted by Crippen LogP contribution is -2.38. The van der Waals surface area contributed by atoms with Gasteiger partial charge in [-0.05, 0) is 5.56 Å². The summed E-state index contributed by atoms with van der Waals surface area (Å²) in [5.41, 5.74) is 0.277. The Labute approximate surface area is 102 Å². The summed E-state index contributed by atoms with van der Waals surface area (Å²) in [5, 5.41) is -2.60. The Morgan fingerprint density at radius 1 is 1.18 bits per heavy atom. The van der Waals surface area contributed by atoms with Crippen LogP contribution in [0, 0.1) is 0 Å². The second-order valence-corrected chi connectivity index (χ2v) is 6.39. The van der Waals surface area contributed by atoms with E-state index in [9.17, 15) is 21.6 Å². The SMILES string of the molecule is CC(c1ccccc1)C(C(F)(F)F)S(=O)(=O)Cl. The first-order valence-corrected chi connectivity index (χ1v) is 7.06. The molecule has 0 bridgehead atoms. The fourth-order valence-corrected chi connectivity index (χ4v) is 3.35. The molecule has 17 heavy (non-hydrogen) atoms. The zero-order chi connectivity index (χ0) is 13.3. The normalized spacial score (nSPS) is 16.5. The van der Waals surface area contributed by atoms with Crippen molar-refractivity contribution in [3.8, 4) is 0 Å². The van der Waals surface area contributed by atoms with E-state index in [0.717, 1.165) is 0 Å². The van der Waals surface area contributed by atoms with E-state index in [1.54, 1.807) is 18.2 Å². The van der Waals surface area contributed by atoms with E-state index in [0.29, 0.717) is 0 Å². The van der Waals surface area contributed by atoms with Crippen LogP contribution in [0.2, 0.25) is 0 Å². The number of hydrogen-bond acceptors (Lipinski definition) is 2. The molecule has 0 aliphatic heterocycles. The summed E-state index contributed by atoms with van der Waals surface area (Å²) >= 11 is 0. The highest BCUT2D eigenvalue weighted by molar-refractivity contribution is 8.14. The quantitative estimate of drug-likeness (QED) is 0.799. The first-order valence-electron chi connectivity index (χ1n) is 4.69. The summed E-state index contributed by atoms with van der Waals surface area (Å²) < 4.78 is 60.1. The van der Waals surface area contributed by atoms with Crippen molar-refractivity contribution in [1.82, 2.24) is 0 Å². The molecule has 0 heterocycles. The molecular formula is C10H10ClF3O2S. The van der Waals surface area contributed by atoms with Crippen molar-refractivity contribution >= 4 is 19.7 Å². The Bertz CT molecular complexity index is 470. The third-order valence-electron chi connectivity index (χ3n) is 2.41. The van der Waals surface area contributed by atoms with Crippen LogP contribution >= 0.6 is 10.7 Å². The molecule has 0 N–H and O–H groups in total. The van der Waals surface area contributed by atoms with Crippen molar-refractivity contribution in [1.29, 1.82) is 0 Å². The van der Waals surface area contributed by atoms with Gasteiger partial charge in [0.1, 0.15) is 0 Å². The molecule has 0 spiro atoms. The van der Waals surface area contributed by atoms with Gasteiger partial charge in [0.15, 0.2) is 5.25 Å². The van der Waals surface area contributed by atoms with Gasteiger partial charge in [0, 0.05) is 16.6 Å². The molecule has 0 radical (unpaired) electrons. The molecule has 0 aromatic heterocycles. The van der Waals surface area contributed by atoms with Crippen LogP contribution in [0.25, 0.3) is 0 Å². The predicted molar refractivity (Wildman–Crippen MR) is 59.5 cm³/mol. The van der Waals surface area contributed by atoms with Gasteiger partial charge in [-0.1, -0.05) is 37.3 Å². The number of rotatable bonds is 3. The fraction of sp³-hybridized carbons (Fsp3) is 0.400. The maximum atomic E-state index is 12.7. The Morgan fingerprint density at radius 3 is 2.00 bits per heavy atom. The van der Waals surface area contributed by atoms with Crippen LogP contribution in [0.3, 0.4) is 0 Å². The summed E-state index contributed by atoms with van der Waals surface area (Å²) in [6.45, 7) is 1.19. The van der Waals surface area contributed by atoms with Gasteiger partial charge in [-0.25, -0.2) is 8.42 Å². The maximum absolute atomic E-state index is 12.7. The molecule has 0 saturated carbocycles. The summed E-state index contributed by atoms with van der Waals surface area (Å²) in [6, 6.07) is 7.59. The summed E-state index contributed by atoms with van der Waals surface area (Å²) in [6.07, 6.45) is -4.89. The van der Waals surface area contributed by atoms with E-state index in [4.69, 9.17) is 10.7 Å². The van der Waals surface area contributed by atoms with Crippen LogP contribution in [-0.4, -0.2) is 19.8 Å². The maximum Gasteiger partial charge on any atom is 0.407 e. The zero-order valence-electron chi connectivity index (χ0n) is 8.78. The van der Waals surface area contributed by atoms with Crippen molar-refractivity contribution in [2.24, 2.45) is 0 Å². The van der Waals surface area contributed by atoms with Crippen molar-refractivity contribution < 1.29 is 21.6 Å². The lowest BCUT2D eigenvalue weighted by molar-refractivity contribution is -0.133. The molecule has 0 fully saturated rings. The lowest BCUT2D eigenvalue weighted by Gasteiger charge is -2.23. The molecule has 7 heteroatoms. The third-order valence-corrected chi connectivity index (χ3v) is 4.26. The van der Waals surface area contributed by atoms with Crippen LogP contribution in [0.4, 0.5) is 13.2 Å². The smallest absolute Gasteiger partial charge is 0.212 e. The second kappa shape index (κ2) is 4.86. The van der Waals surface area contributed by atoms with Gasteiger partial charge in [-0.15, -0.1) is 0 Å². The van der Waals surface area contributed by atoms with Crippen LogP contribution < -0.4 is 0 Å². The number of halogens is 4. The second-order valence-electron chi connectivity index (χ2n) is 3.64. The monoisotopic (exact) mass is 286 g/mol. The van der Waals surface area contributed by atoms with Crippen molar-refractivity contribution in [3.63, 3.8) is 0 Å². The highest BCUT2D eigenvalue weighted by atomic mass is 35.7. The van der Waals surface area contributed by atoms with E-state index in [1.807, 2.05) is 0 Å². The van der Waals surface area contributed by atoms with E-state index in [1.165, 1.54) is 19.1 Å². The van der Waals surface area contributed by atoms with Crippen LogP contribution in [0.15, 0.2) is 30.3 Å². The van der Waals surface area contributed by atoms with Gasteiger partial charge >= 0.3 is 6.18 Å². The molecule has 1 aromatic carbocycles. The van der Waals surface area contributed by atoms with Gasteiger partial charge in [0.25, 0.3) is 0 Å². The Hall–Kier alpha value is -0.750. The number of hydrogen-bond donors (Lipinski definition) is 0. The number of alkyl halides is 3. The zero-order valence-corrected chi connectivity index (χ0v) is 10.4. The summed E-state index contributed by atoms with van der Waals surface area (Å²) in [4.78, 5) is 0. The molecule has 2 unspecified atom stereocenters. The van der Waals surface area contributed by atoms with Gasteiger partial charge in [-0.3, -0.25) is 0 Å². The van der Waals surface area contributed by atoms with Gasteiger partial charge in [0.05, 0.1) is 0 Å². The van der Waals surface area contributed by atoms with Gasteiger partial charge < -0.3 is 0 Å². The first-order chi connectivity index (χ1) is 7.64. The molecule has 0 aliphatic carbocycles. The van der Waals surface area contributed by atoms with E-state index in [-0.39, 0.29) is 5.56 Å². The average molecular weight is 287 g/mol. The Morgan fingerprint density at radius 2 is 1.65 bits per heavy atom. The summed E-state index contributed by atoms with van der Waals surface area (Å²) in [7, 11) is 0.158. The van der Waals surface area contributed by atoms with E-state index < -0.39 is 26.4 Å². The molecule has 0 aliphatic rings. The number of benzene rings is 1. The average Bonchev–Trinajstić information content (AvgIpc) is 2.14. The highest BCUT2D eigenvalue weighted by Gasteiger charge is 2.51. The Kier molecular flexibility index (Phi) is 4.09. The molecule has 2 nitrogen and oxygen atoms in total. The standard InChI is InChI=1S/C10H10ClF3O2S/c1-7(8-5-3-2-4-6-8)9(10(12,13)14)17(11,15)16/h2-7,9H,1H3. The Balaban J connectivity index is 3.18. The van der Waals surface area contributed by atoms with Crippen molar-refractivity contribution in [2.45, 2.75) is 24.3 Å². The van der Waals surface area contributed by atoms with Gasteiger partial charge in [-0.2, -0.15) is 13.2 Å². The predicted octanol–water partition coefficient (Wildman–Crippen LogP) is 3.29. The van der Waals surface area contributed by atoms with Crippen molar-refractivity contribution in [2.75, 3.05) is 0 Å². The molecule has 96 valence electrons. The topological polar surface area (TPSA) is 34.1 Å². The fourth-order valence-electron chi connectivity index (χ4n) is 1.62. The molecule has 0 saturated heterocycles. The van der Waals surface area contributed by atoms with Crippen LogP contribution in [0.5, 0.6) is 0 Å². The van der Waals surface area contributed by atoms with E-state index >= 15 is 0 Å². The van der Waals surface area contributed by atoms with Crippen molar-refractivity contribution in [3.05, 3.63) is 35.9 Å². The molecule has 2 atom stereocenters. The first kappa shape index (κ1) is 14.3. The minimum absolute atomic E-state index is 0.277. The summed E-state index contributed by atoms with van der Waals surface area (Å²) in [5.74, 6) is -1.25. The van der Waals surface area contributed by atoms with E-state index in [2.05, 4.69) is 0 Å². The third kappa shape index (κ3) is 3.61.